The van der Waals surface area contributed by atoms with Crippen molar-refractivity contribution in [1.82, 2.24) is 19.7 Å². The van der Waals surface area contributed by atoms with Crippen LogP contribution in [0.4, 0.5) is 0 Å². The average Bonchev–Trinajstić information content (AvgIpc) is 2.86. The van der Waals surface area contributed by atoms with Gasteiger partial charge in [-0.05, 0) is 37.4 Å². The fraction of sp³-hybridized carbons (Fsp3) is 0.500. The summed E-state index contributed by atoms with van der Waals surface area (Å²) in [7, 11) is 0. The molecule has 0 saturated carbocycles. The van der Waals surface area contributed by atoms with Crippen LogP contribution >= 0.6 is 0 Å². The van der Waals surface area contributed by atoms with Gasteiger partial charge in [-0.3, -0.25) is 4.90 Å². The lowest BCUT2D eigenvalue weighted by Crippen LogP contribution is -2.30. The van der Waals surface area contributed by atoms with Crippen LogP contribution in [0.2, 0.25) is 0 Å². The number of rotatable bonds is 4. The Bertz CT molecular complexity index is 554. The summed E-state index contributed by atoms with van der Waals surface area (Å²) in [5, 5.41) is 13.8. The van der Waals surface area contributed by atoms with Crippen molar-refractivity contribution in [3.63, 3.8) is 0 Å². The minimum atomic E-state index is 0.280. The molecule has 5 heteroatoms. The summed E-state index contributed by atoms with van der Waals surface area (Å²) in [4.78, 5) is 6.80. The van der Waals surface area contributed by atoms with E-state index >= 15 is 0 Å². The zero-order valence-corrected chi connectivity index (χ0v) is 12.2. The molecule has 0 radical (unpaired) electrons. The lowest BCUT2D eigenvalue weighted by Gasteiger charge is -2.22. The number of aliphatic hydroxyl groups is 1. The molecule has 1 aliphatic heterocycles. The van der Waals surface area contributed by atoms with E-state index in [2.05, 4.69) is 15.0 Å². The van der Waals surface area contributed by atoms with Crippen molar-refractivity contribution >= 4 is 0 Å². The predicted molar refractivity (Wildman–Crippen MR) is 81.1 cm³/mol. The molecule has 2 heterocycles. The number of para-hydroxylation sites is 1. The molecule has 5 nitrogen and oxygen atoms in total. The monoisotopic (exact) mass is 286 g/mol. The van der Waals surface area contributed by atoms with Crippen LogP contribution in [-0.4, -0.2) is 44.5 Å². The Morgan fingerprint density at radius 1 is 1.19 bits per heavy atom. The maximum Gasteiger partial charge on any atom is 0.146 e. The zero-order chi connectivity index (χ0) is 14.5. The van der Waals surface area contributed by atoms with Gasteiger partial charge in [-0.1, -0.05) is 24.6 Å². The van der Waals surface area contributed by atoms with Crippen molar-refractivity contribution in [1.29, 1.82) is 0 Å². The minimum absolute atomic E-state index is 0.280. The zero-order valence-electron chi connectivity index (χ0n) is 12.2. The molecule has 1 saturated heterocycles. The normalized spacial score (nSPS) is 20.3. The SMILES string of the molecule is OCC1CCCCN(Cc2ncnn2-c2ccccc2)C1. The third kappa shape index (κ3) is 3.49. The molecule has 0 bridgehead atoms. The molecule has 3 rings (SSSR count). The number of hydrogen-bond donors (Lipinski definition) is 1. The minimum Gasteiger partial charge on any atom is -0.396 e. The highest BCUT2D eigenvalue weighted by Gasteiger charge is 2.19. The van der Waals surface area contributed by atoms with Crippen LogP contribution in [0.15, 0.2) is 36.7 Å². The number of benzene rings is 1. The maximum absolute atomic E-state index is 9.43. The number of likely N-dealkylation sites (tertiary alicyclic amines) is 1. The summed E-state index contributed by atoms with van der Waals surface area (Å²) < 4.78 is 1.90. The molecule has 0 aliphatic carbocycles. The van der Waals surface area contributed by atoms with E-state index in [1.165, 1.54) is 12.8 Å². The van der Waals surface area contributed by atoms with Crippen molar-refractivity contribution in [2.75, 3.05) is 19.7 Å². The fourth-order valence-corrected chi connectivity index (χ4v) is 2.97. The standard InChI is InChI=1S/C16H22N4O/c21-12-14-6-4-5-9-19(10-14)11-16-17-13-18-20(16)15-7-2-1-3-8-15/h1-3,7-8,13-14,21H,4-6,9-12H2. The van der Waals surface area contributed by atoms with Crippen LogP contribution in [0.1, 0.15) is 25.1 Å². The first kappa shape index (κ1) is 14.2. The summed E-state index contributed by atoms with van der Waals surface area (Å²) in [5.41, 5.74) is 1.04. The Morgan fingerprint density at radius 3 is 2.86 bits per heavy atom. The highest BCUT2D eigenvalue weighted by Crippen LogP contribution is 2.18. The molecule has 0 amide bonds. The Hall–Kier alpha value is -1.72. The second kappa shape index (κ2) is 6.83. The van der Waals surface area contributed by atoms with E-state index in [1.54, 1.807) is 6.33 Å². The van der Waals surface area contributed by atoms with Crippen LogP contribution in [0.3, 0.4) is 0 Å². The van der Waals surface area contributed by atoms with Gasteiger partial charge in [0.1, 0.15) is 12.2 Å². The molecule has 0 spiro atoms. The summed E-state index contributed by atoms with van der Waals surface area (Å²) in [5.74, 6) is 1.35. The Balaban J connectivity index is 1.75. The number of aliphatic hydroxyl groups excluding tert-OH is 1. The number of hydrogen-bond acceptors (Lipinski definition) is 4. The lowest BCUT2D eigenvalue weighted by molar-refractivity contribution is 0.167. The first-order chi connectivity index (χ1) is 10.4. The number of aromatic nitrogens is 3. The van der Waals surface area contributed by atoms with Gasteiger partial charge in [-0.2, -0.15) is 5.10 Å². The Morgan fingerprint density at radius 2 is 2.05 bits per heavy atom. The van der Waals surface area contributed by atoms with Crippen molar-refractivity contribution in [3.05, 3.63) is 42.5 Å². The van der Waals surface area contributed by atoms with E-state index in [9.17, 15) is 5.11 Å². The van der Waals surface area contributed by atoms with E-state index in [4.69, 9.17) is 0 Å². The molecule has 1 aromatic carbocycles. The van der Waals surface area contributed by atoms with Gasteiger partial charge in [0.2, 0.25) is 0 Å². The van der Waals surface area contributed by atoms with Crippen LogP contribution in [0.5, 0.6) is 0 Å². The van der Waals surface area contributed by atoms with Crippen molar-refractivity contribution in [3.8, 4) is 5.69 Å². The predicted octanol–water partition coefficient (Wildman–Crippen LogP) is 1.86. The number of nitrogens with zero attached hydrogens (tertiary/aromatic N) is 4. The lowest BCUT2D eigenvalue weighted by atomic mass is 10.1. The molecule has 1 fully saturated rings. The molecule has 21 heavy (non-hydrogen) atoms. The summed E-state index contributed by atoms with van der Waals surface area (Å²) in [6.45, 7) is 3.07. The molecule has 1 atom stereocenters. The van der Waals surface area contributed by atoms with Crippen LogP contribution in [-0.2, 0) is 6.54 Å². The third-order valence-electron chi connectivity index (χ3n) is 4.10. The molecule has 1 N–H and O–H groups in total. The van der Waals surface area contributed by atoms with Crippen molar-refractivity contribution in [2.24, 2.45) is 5.92 Å². The van der Waals surface area contributed by atoms with Gasteiger partial charge < -0.3 is 5.11 Å². The van der Waals surface area contributed by atoms with Gasteiger partial charge in [-0.15, -0.1) is 0 Å². The third-order valence-corrected chi connectivity index (χ3v) is 4.10. The largest absolute Gasteiger partial charge is 0.396 e. The summed E-state index contributed by atoms with van der Waals surface area (Å²) >= 11 is 0. The van der Waals surface area contributed by atoms with E-state index in [-0.39, 0.29) is 6.61 Å². The van der Waals surface area contributed by atoms with Gasteiger partial charge in [0.15, 0.2) is 0 Å². The first-order valence-electron chi connectivity index (χ1n) is 7.64. The van der Waals surface area contributed by atoms with E-state index in [0.717, 1.165) is 37.6 Å². The second-order valence-corrected chi connectivity index (χ2v) is 5.70. The topological polar surface area (TPSA) is 54.2 Å². The molecule has 1 aromatic heterocycles. The summed E-state index contributed by atoms with van der Waals surface area (Å²) in [6, 6.07) is 10.1. The Labute approximate surface area is 125 Å². The molecular weight excluding hydrogens is 264 g/mol. The van der Waals surface area contributed by atoms with Gasteiger partial charge in [-0.25, -0.2) is 9.67 Å². The molecule has 2 aromatic rings. The highest BCUT2D eigenvalue weighted by molar-refractivity contribution is 5.30. The van der Waals surface area contributed by atoms with E-state index in [0.29, 0.717) is 5.92 Å². The average molecular weight is 286 g/mol. The first-order valence-corrected chi connectivity index (χ1v) is 7.64. The van der Waals surface area contributed by atoms with Gasteiger partial charge in [0.05, 0.1) is 12.2 Å². The van der Waals surface area contributed by atoms with Gasteiger partial charge in [0.25, 0.3) is 0 Å². The van der Waals surface area contributed by atoms with Crippen LogP contribution in [0.25, 0.3) is 5.69 Å². The van der Waals surface area contributed by atoms with E-state index in [1.807, 2.05) is 35.0 Å². The van der Waals surface area contributed by atoms with E-state index < -0.39 is 0 Å². The van der Waals surface area contributed by atoms with Gasteiger partial charge >= 0.3 is 0 Å². The van der Waals surface area contributed by atoms with Crippen LogP contribution in [0, 0.1) is 5.92 Å². The van der Waals surface area contributed by atoms with Crippen LogP contribution < -0.4 is 0 Å². The molecule has 1 aliphatic rings. The molecule has 112 valence electrons. The highest BCUT2D eigenvalue weighted by atomic mass is 16.3. The van der Waals surface area contributed by atoms with Crippen molar-refractivity contribution < 1.29 is 5.11 Å². The Kier molecular flexibility index (Phi) is 4.62. The smallest absolute Gasteiger partial charge is 0.146 e. The van der Waals surface area contributed by atoms with Gasteiger partial charge in [0, 0.05) is 13.2 Å². The molecule has 1 unspecified atom stereocenters. The molecular formula is C16H22N4O. The quantitative estimate of drug-likeness (QED) is 0.932. The van der Waals surface area contributed by atoms with Crippen molar-refractivity contribution in [2.45, 2.75) is 25.8 Å². The second-order valence-electron chi connectivity index (χ2n) is 5.70. The summed E-state index contributed by atoms with van der Waals surface area (Å²) in [6.07, 6.45) is 5.13. The maximum atomic E-state index is 9.43. The fourth-order valence-electron chi connectivity index (χ4n) is 2.97.